The van der Waals surface area contributed by atoms with Gasteiger partial charge in [0.2, 0.25) is 0 Å². The van der Waals surface area contributed by atoms with Gasteiger partial charge in [0.05, 0.1) is 0 Å². The molecule has 2 fully saturated rings. The molecule has 0 spiro atoms. The summed E-state index contributed by atoms with van der Waals surface area (Å²) in [7, 11) is 0. The number of nitrogens with two attached hydrogens (primary N) is 1. The van der Waals surface area contributed by atoms with Crippen LogP contribution < -0.4 is 5.73 Å². The third-order valence-corrected chi connectivity index (χ3v) is 4.00. The van der Waals surface area contributed by atoms with Crippen molar-refractivity contribution in [3.63, 3.8) is 0 Å². The van der Waals surface area contributed by atoms with E-state index in [4.69, 9.17) is 5.73 Å². The van der Waals surface area contributed by atoms with Gasteiger partial charge in [-0.15, -0.1) is 0 Å². The van der Waals surface area contributed by atoms with Gasteiger partial charge in [-0.1, -0.05) is 13.8 Å². The monoisotopic (exact) mass is 203 g/mol. The van der Waals surface area contributed by atoms with E-state index in [1.54, 1.807) is 6.92 Å². The fourth-order valence-electron chi connectivity index (χ4n) is 3.01. The minimum atomic E-state index is -2.45. The van der Waals surface area contributed by atoms with E-state index in [0.717, 1.165) is 19.3 Å². The van der Waals surface area contributed by atoms with E-state index in [1.807, 2.05) is 0 Å². The fourth-order valence-corrected chi connectivity index (χ4v) is 3.01. The maximum absolute atomic E-state index is 13.0. The number of alkyl halides is 2. The van der Waals surface area contributed by atoms with Crippen LogP contribution >= 0.6 is 0 Å². The van der Waals surface area contributed by atoms with E-state index in [9.17, 15) is 8.78 Å². The molecule has 2 N–H and O–H groups in total. The molecule has 0 radical (unpaired) electrons. The van der Waals surface area contributed by atoms with Crippen LogP contribution in [0.2, 0.25) is 0 Å². The molecule has 0 saturated heterocycles. The van der Waals surface area contributed by atoms with Gasteiger partial charge in [-0.05, 0) is 31.6 Å². The van der Waals surface area contributed by atoms with Gasteiger partial charge in [-0.2, -0.15) is 0 Å². The summed E-state index contributed by atoms with van der Waals surface area (Å²) < 4.78 is 26.1. The largest absolute Gasteiger partial charge is 0.325 e. The molecule has 0 amide bonds. The summed E-state index contributed by atoms with van der Waals surface area (Å²) in [6, 6.07) is 0. The van der Waals surface area contributed by atoms with E-state index in [2.05, 4.69) is 6.92 Å². The van der Waals surface area contributed by atoms with Crippen molar-refractivity contribution >= 4 is 0 Å². The van der Waals surface area contributed by atoms with Crippen LogP contribution in [0.5, 0.6) is 0 Å². The van der Waals surface area contributed by atoms with Crippen molar-refractivity contribution < 1.29 is 8.78 Å². The van der Waals surface area contributed by atoms with Crippen LogP contribution in [0.3, 0.4) is 0 Å². The first-order valence-electron chi connectivity index (χ1n) is 5.43. The Labute approximate surface area is 84.0 Å². The highest BCUT2D eigenvalue weighted by Crippen LogP contribution is 2.64. The van der Waals surface area contributed by atoms with Crippen LogP contribution in [0.4, 0.5) is 8.78 Å². The molecule has 3 atom stereocenters. The van der Waals surface area contributed by atoms with Crippen molar-refractivity contribution in [3.8, 4) is 0 Å². The second-order valence-electron chi connectivity index (χ2n) is 5.83. The first-order valence-corrected chi connectivity index (χ1v) is 5.43. The summed E-state index contributed by atoms with van der Waals surface area (Å²) in [5.41, 5.74) is 5.05. The molecule has 0 aliphatic heterocycles. The number of hydrogen-bond donors (Lipinski definition) is 1. The van der Waals surface area contributed by atoms with Gasteiger partial charge in [-0.3, -0.25) is 0 Å². The van der Waals surface area contributed by atoms with Crippen LogP contribution in [0.15, 0.2) is 0 Å². The molecule has 0 aromatic heterocycles. The number of halogens is 2. The molecule has 2 aliphatic carbocycles. The van der Waals surface area contributed by atoms with Crippen molar-refractivity contribution in [2.45, 2.75) is 57.4 Å². The lowest BCUT2D eigenvalue weighted by atomic mass is 9.85. The van der Waals surface area contributed by atoms with Crippen LogP contribution in [-0.4, -0.2) is 11.5 Å². The normalized spacial score (nSPS) is 50.8. The maximum atomic E-state index is 13.0. The summed E-state index contributed by atoms with van der Waals surface area (Å²) in [4.78, 5) is 0. The van der Waals surface area contributed by atoms with Gasteiger partial charge in [-0.25, -0.2) is 8.78 Å². The first kappa shape index (κ1) is 10.3. The highest BCUT2D eigenvalue weighted by Gasteiger charge is 2.69. The van der Waals surface area contributed by atoms with Gasteiger partial charge in [0.15, 0.2) is 0 Å². The van der Waals surface area contributed by atoms with Gasteiger partial charge in [0.25, 0.3) is 5.92 Å². The quantitative estimate of drug-likeness (QED) is 0.733. The molecule has 0 bridgehead atoms. The maximum Gasteiger partial charge on any atom is 0.254 e. The predicted molar refractivity (Wildman–Crippen MR) is 52.2 cm³/mol. The standard InChI is InChI=1S/C11H19F2N/c1-8-3-4-10(14,5-8)6-9(2)7-11(9,12)13/h8H,3-7,14H2,1-2H3. The zero-order chi connectivity index (χ0) is 10.6. The molecule has 0 heterocycles. The summed E-state index contributed by atoms with van der Waals surface area (Å²) in [5.74, 6) is -1.85. The Morgan fingerprint density at radius 1 is 1.43 bits per heavy atom. The summed E-state index contributed by atoms with van der Waals surface area (Å²) in [6.07, 6.45) is 3.46. The zero-order valence-electron chi connectivity index (χ0n) is 8.95. The van der Waals surface area contributed by atoms with E-state index in [1.165, 1.54) is 0 Å². The minimum Gasteiger partial charge on any atom is -0.325 e. The van der Waals surface area contributed by atoms with Gasteiger partial charge in [0.1, 0.15) is 0 Å². The van der Waals surface area contributed by atoms with Gasteiger partial charge in [0, 0.05) is 17.4 Å². The number of hydrogen-bond acceptors (Lipinski definition) is 1. The molecule has 0 aromatic rings. The zero-order valence-corrected chi connectivity index (χ0v) is 8.95. The molecule has 2 aliphatic rings. The predicted octanol–water partition coefficient (Wildman–Crippen LogP) is 2.94. The molecule has 1 nitrogen and oxygen atoms in total. The summed E-state index contributed by atoms with van der Waals surface area (Å²) in [6.45, 7) is 3.83. The van der Waals surface area contributed by atoms with Crippen molar-refractivity contribution in [2.75, 3.05) is 0 Å². The molecule has 14 heavy (non-hydrogen) atoms. The minimum absolute atomic E-state index is 0.0351. The smallest absolute Gasteiger partial charge is 0.254 e. The lowest BCUT2D eigenvalue weighted by Gasteiger charge is -2.27. The molecule has 2 saturated carbocycles. The second kappa shape index (κ2) is 2.69. The Bertz CT molecular complexity index is 254. The van der Waals surface area contributed by atoms with Crippen LogP contribution in [0.1, 0.15) is 46.0 Å². The first-order chi connectivity index (χ1) is 6.27. The Kier molecular flexibility index (Phi) is 1.98. The molecule has 0 aromatic carbocycles. The molecule has 3 heteroatoms. The highest BCUT2D eigenvalue weighted by molar-refractivity contribution is 5.12. The Hall–Kier alpha value is -0.180. The number of rotatable bonds is 2. The van der Waals surface area contributed by atoms with Crippen LogP contribution in [-0.2, 0) is 0 Å². The van der Waals surface area contributed by atoms with Gasteiger partial charge >= 0.3 is 0 Å². The lowest BCUT2D eigenvalue weighted by Crippen LogP contribution is -2.40. The van der Waals surface area contributed by atoms with E-state index >= 15 is 0 Å². The van der Waals surface area contributed by atoms with E-state index in [0.29, 0.717) is 12.3 Å². The third-order valence-electron chi connectivity index (χ3n) is 4.00. The van der Waals surface area contributed by atoms with Crippen molar-refractivity contribution in [1.29, 1.82) is 0 Å². The van der Waals surface area contributed by atoms with Crippen molar-refractivity contribution in [3.05, 3.63) is 0 Å². The van der Waals surface area contributed by atoms with Crippen LogP contribution in [0.25, 0.3) is 0 Å². The Morgan fingerprint density at radius 2 is 2.00 bits per heavy atom. The SMILES string of the molecule is CC1CCC(N)(CC2(C)CC2(F)F)C1. The lowest BCUT2D eigenvalue weighted by molar-refractivity contribution is 0.0573. The molecule has 2 rings (SSSR count). The third kappa shape index (κ3) is 1.56. The molecular weight excluding hydrogens is 184 g/mol. The Balaban J connectivity index is 1.99. The molecule has 82 valence electrons. The molecule has 3 unspecified atom stereocenters. The highest BCUT2D eigenvalue weighted by atomic mass is 19.3. The Morgan fingerprint density at radius 3 is 2.36 bits per heavy atom. The van der Waals surface area contributed by atoms with Crippen molar-refractivity contribution in [2.24, 2.45) is 17.1 Å². The fraction of sp³-hybridized carbons (Fsp3) is 1.00. The summed E-state index contributed by atoms with van der Waals surface area (Å²) >= 11 is 0. The van der Waals surface area contributed by atoms with Gasteiger partial charge < -0.3 is 5.73 Å². The van der Waals surface area contributed by atoms with E-state index in [-0.39, 0.29) is 12.0 Å². The summed E-state index contributed by atoms with van der Waals surface area (Å²) in [5, 5.41) is 0. The van der Waals surface area contributed by atoms with Crippen molar-refractivity contribution in [1.82, 2.24) is 0 Å². The average Bonchev–Trinajstić information content (AvgIpc) is 2.34. The second-order valence-corrected chi connectivity index (χ2v) is 5.83. The topological polar surface area (TPSA) is 26.0 Å². The molecular formula is C11H19F2N. The van der Waals surface area contributed by atoms with Crippen LogP contribution in [0, 0.1) is 11.3 Å². The van der Waals surface area contributed by atoms with E-state index < -0.39 is 11.3 Å². The average molecular weight is 203 g/mol.